The van der Waals surface area contributed by atoms with Crippen LogP contribution in [-0.4, -0.2) is 27.7 Å². The lowest BCUT2D eigenvalue weighted by molar-refractivity contribution is -0.137. The summed E-state index contributed by atoms with van der Waals surface area (Å²) in [7, 11) is 2.01. The minimum Gasteiger partial charge on any atom is -0.347 e. The average Bonchev–Trinajstić information content (AvgIpc) is 3.15. The Kier molecular flexibility index (Phi) is 3.12. The quantitative estimate of drug-likeness (QED) is 0.722. The van der Waals surface area contributed by atoms with E-state index in [2.05, 4.69) is 15.0 Å². The molecular weight excluding hydrogens is 325 g/mol. The third-order valence-corrected chi connectivity index (χ3v) is 4.99. The summed E-state index contributed by atoms with van der Waals surface area (Å²) in [5, 5.41) is 5.44. The van der Waals surface area contributed by atoms with E-state index < -0.39 is 11.7 Å². The summed E-state index contributed by atoms with van der Waals surface area (Å²) >= 11 is 1.48. The molecule has 4 rings (SSSR count). The maximum atomic E-state index is 12.7. The SMILES string of the molecule is CN(c1nn2c(-c3ccc(C(F)(F)F)cc3)cnc2s1)C1CC1. The fraction of sp³-hybridized carbons (Fsp3) is 0.333. The zero-order valence-electron chi connectivity index (χ0n) is 12.2. The minimum absolute atomic E-state index is 0.542. The second-order valence-corrected chi connectivity index (χ2v) is 6.57. The first-order valence-corrected chi connectivity index (χ1v) is 8.00. The van der Waals surface area contributed by atoms with E-state index in [1.54, 1.807) is 10.7 Å². The summed E-state index contributed by atoms with van der Waals surface area (Å²) in [5.74, 6) is 0. The van der Waals surface area contributed by atoms with Crippen LogP contribution < -0.4 is 4.90 Å². The molecule has 0 spiro atoms. The van der Waals surface area contributed by atoms with Crippen LogP contribution in [-0.2, 0) is 6.18 Å². The minimum atomic E-state index is -4.33. The molecule has 120 valence electrons. The van der Waals surface area contributed by atoms with E-state index in [0.717, 1.165) is 22.2 Å². The molecule has 2 heterocycles. The molecule has 1 fully saturated rings. The van der Waals surface area contributed by atoms with Crippen LogP contribution in [0.3, 0.4) is 0 Å². The molecular formula is C15H13F3N4S. The van der Waals surface area contributed by atoms with E-state index in [4.69, 9.17) is 0 Å². The van der Waals surface area contributed by atoms with Gasteiger partial charge in [0.1, 0.15) is 0 Å². The monoisotopic (exact) mass is 338 g/mol. The Labute approximate surface area is 134 Å². The first-order valence-electron chi connectivity index (χ1n) is 7.18. The van der Waals surface area contributed by atoms with Gasteiger partial charge in [-0.05, 0) is 25.0 Å². The molecule has 1 aliphatic carbocycles. The smallest absolute Gasteiger partial charge is 0.347 e. The van der Waals surface area contributed by atoms with Gasteiger partial charge in [-0.25, -0.2) is 9.50 Å². The van der Waals surface area contributed by atoms with Gasteiger partial charge in [-0.1, -0.05) is 23.5 Å². The zero-order valence-corrected chi connectivity index (χ0v) is 13.0. The molecule has 0 bridgehead atoms. The third kappa shape index (κ3) is 2.56. The van der Waals surface area contributed by atoms with E-state index in [1.165, 1.54) is 36.3 Å². The number of hydrogen-bond acceptors (Lipinski definition) is 4. The summed E-state index contributed by atoms with van der Waals surface area (Å²) in [6.07, 6.45) is -0.345. The second kappa shape index (κ2) is 4.95. The fourth-order valence-corrected chi connectivity index (χ4v) is 3.38. The Morgan fingerprint density at radius 3 is 2.52 bits per heavy atom. The van der Waals surface area contributed by atoms with Crippen LogP contribution in [0.1, 0.15) is 18.4 Å². The van der Waals surface area contributed by atoms with Gasteiger partial charge in [0.25, 0.3) is 0 Å². The highest BCUT2D eigenvalue weighted by molar-refractivity contribution is 7.20. The summed E-state index contributed by atoms with van der Waals surface area (Å²) in [6.45, 7) is 0. The van der Waals surface area contributed by atoms with Gasteiger partial charge in [0.15, 0.2) is 0 Å². The van der Waals surface area contributed by atoms with Crippen molar-refractivity contribution >= 4 is 21.4 Å². The van der Waals surface area contributed by atoms with Gasteiger partial charge in [-0.15, -0.1) is 5.10 Å². The van der Waals surface area contributed by atoms with Gasteiger partial charge in [0, 0.05) is 18.7 Å². The van der Waals surface area contributed by atoms with E-state index >= 15 is 0 Å². The van der Waals surface area contributed by atoms with Crippen LogP contribution in [0, 0.1) is 0 Å². The molecule has 0 atom stereocenters. The Bertz CT molecular complexity index is 846. The van der Waals surface area contributed by atoms with Crippen molar-refractivity contribution < 1.29 is 13.2 Å². The van der Waals surface area contributed by atoms with Gasteiger partial charge in [0.05, 0.1) is 17.5 Å². The van der Waals surface area contributed by atoms with Gasteiger partial charge >= 0.3 is 6.18 Å². The van der Waals surface area contributed by atoms with Crippen LogP contribution >= 0.6 is 11.3 Å². The Morgan fingerprint density at radius 2 is 1.91 bits per heavy atom. The number of imidazole rings is 1. The molecule has 1 aliphatic rings. The lowest BCUT2D eigenvalue weighted by Crippen LogP contribution is -2.19. The molecule has 8 heteroatoms. The molecule has 0 radical (unpaired) electrons. The number of aromatic nitrogens is 3. The molecule has 0 aliphatic heterocycles. The predicted molar refractivity (Wildman–Crippen MR) is 82.7 cm³/mol. The molecule has 0 saturated heterocycles. The molecule has 0 N–H and O–H groups in total. The second-order valence-electron chi connectivity index (χ2n) is 5.64. The van der Waals surface area contributed by atoms with Crippen molar-refractivity contribution in [2.45, 2.75) is 25.1 Å². The number of alkyl halides is 3. The summed E-state index contributed by atoms with van der Waals surface area (Å²) in [6, 6.07) is 5.61. The molecule has 3 aromatic rings. The maximum Gasteiger partial charge on any atom is 0.416 e. The Hall–Kier alpha value is -2.09. The number of nitrogens with zero attached hydrogens (tertiary/aromatic N) is 4. The van der Waals surface area contributed by atoms with Gasteiger partial charge in [0.2, 0.25) is 10.1 Å². The predicted octanol–water partition coefficient (Wildman–Crippen LogP) is 4.08. The Morgan fingerprint density at radius 1 is 1.22 bits per heavy atom. The summed E-state index contributed by atoms with van der Waals surface area (Å²) in [5.41, 5.74) is 0.700. The standard InChI is InChI=1S/C15H13F3N4S/c1-21(11-6-7-11)14-20-22-12(8-19-13(22)23-14)9-2-4-10(5-3-9)15(16,17)18/h2-5,8,11H,6-7H2,1H3. The van der Waals surface area contributed by atoms with Crippen LogP contribution in [0.15, 0.2) is 30.5 Å². The number of rotatable bonds is 3. The largest absolute Gasteiger partial charge is 0.416 e. The maximum absolute atomic E-state index is 12.7. The Balaban J connectivity index is 1.70. The summed E-state index contributed by atoms with van der Waals surface area (Å²) < 4.78 is 39.7. The van der Waals surface area contributed by atoms with Crippen molar-refractivity contribution in [1.82, 2.24) is 14.6 Å². The van der Waals surface area contributed by atoms with Crippen LogP contribution in [0.4, 0.5) is 18.3 Å². The van der Waals surface area contributed by atoms with E-state index in [9.17, 15) is 13.2 Å². The highest BCUT2D eigenvalue weighted by atomic mass is 32.1. The molecule has 23 heavy (non-hydrogen) atoms. The van der Waals surface area contributed by atoms with Crippen molar-refractivity contribution in [3.8, 4) is 11.3 Å². The molecule has 0 amide bonds. The van der Waals surface area contributed by atoms with E-state index in [0.29, 0.717) is 17.3 Å². The van der Waals surface area contributed by atoms with Gasteiger partial charge in [-0.2, -0.15) is 13.2 Å². The topological polar surface area (TPSA) is 33.4 Å². The van der Waals surface area contributed by atoms with Crippen molar-refractivity contribution in [3.63, 3.8) is 0 Å². The van der Waals surface area contributed by atoms with E-state index in [-0.39, 0.29) is 0 Å². The molecule has 0 unspecified atom stereocenters. The van der Waals surface area contributed by atoms with Crippen LogP contribution in [0.2, 0.25) is 0 Å². The van der Waals surface area contributed by atoms with Crippen LogP contribution in [0.5, 0.6) is 0 Å². The highest BCUT2D eigenvalue weighted by Gasteiger charge is 2.30. The molecule has 2 aromatic heterocycles. The van der Waals surface area contributed by atoms with Crippen molar-refractivity contribution in [2.75, 3.05) is 11.9 Å². The normalized spacial score (nSPS) is 15.3. The van der Waals surface area contributed by atoms with Gasteiger partial charge < -0.3 is 4.90 Å². The number of fused-ring (bicyclic) bond motifs is 1. The number of halogens is 3. The third-order valence-electron chi connectivity index (χ3n) is 3.98. The van der Waals surface area contributed by atoms with Crippen molar-refractivity contribution in [2.24, 2.45) is 0 Å². The molecule has 4 nitrogen and oxygen atoms in total. The summed E-state index contributed by atoms with van der Waals surface area (Å²) in [4.78, 5) is 7.19. The van der Waals surface area contributed by atoms with Crippen molar-refractivity contribution in [1.29, 1.82) is 0 Å². The lowest BCUT2D eigenvalue weighted by Gasteiger charge is -2.12. The zero-order chi connectivity index (χ0) is 16.2. The average molecular weight is 338 g/mol. The number of anilines is 1. The first kappa shape index (κ1) is 14.5. The molecule has 1 aromatic carbocycles. The first-order chi connectivity index (χ1) is 10.9. The number of hydrogen-bond donors (Lipinski definition) is 0. The molecule has 1 saturated carbocycles. The number of benzene rings is 1. The van der Waals surface area contributed by atoms with E-state index in [1.807, 2.05) is 7.05 Å². The van der Waals surface area contributed by atoms with Crippen molar-refractivity contribution in [3.05, 3.63) is 36.0 Å². The van der Waals surface area contributed by atoms with Crippen LogP contribution in [0.25, 0.3) is 16.2 Å². The highest BCUT2D eigenvalue weighted by Crippen LogP contribution is 2.35. The van der Waals surface area contributed by atoms with Gasteiger partial charge in [-0.3, -0.25) is 0 Å². The fourth-order valence-electron chi connectivity index (χ4n) is 2.47. The lowest BCUT2D eigenvalue weighted by atomic mass is 10.1.